The number of rotatable bonds is 12. The van der Waals surface area contributed by atoms with Crippen LogP contribution in [0, 0.1) is 11.3 Å². The quantitative estimate of drug-likeness (QED) is 0.185. The first-order valence-electron chi connectivity index (χ1n) is 11.3. The SMILES string of the molecule is CCCCCC(=COC(=O)C(C)(C)C)[C@@]1(O)CC=C[C@@H]1C=CC(O)CCCCC. The summed E-state index contributed by atoms with van der Waals surface area (Å²) in [6, 6.07) is 0. The zero-order chi connectivity index (χ0) is 21.9. The summed E-state index contributed by atoms with van der Waals surface area (Å²) in [6.07, 6.45) is 16.9. The van der Waals surface area contributed by atoms with Crippen LogP contribution in [-0.2, 0) is 9.53 Å². The van der Waals surface area contributed by atoms with E-state index in [0.29, 0.717) is 12.8 Å². The second kappa shape index (κ2) is 12.3. The molecule has 0 aromatic heterocycles. The van der Waals surface area contributed by atoms with E-state index in [1.54, 1.807) is 6.08 Å². The fourth-order valence-corrected chi connectivity index (χ4v) is 3.45. The van der Waals surface area contributed by atoms with Crippen molar-refractivity contribution < 1.29 is 19.7 Å². The first-order chi connectivity index (χ1) is 13.6. The van der Waals surface area contributed by atoms with E-state index in [1.807, 2.05) is 39.0 Å². The molecule has 0 aliphatic heterocycles. The van der Waals surface area contributed by atoms with Gasteiger partial charge in [-0.1, -0.05) is 70.3 Å². The van der Waals surface area contributed by atoms with Crippen molar-refractivity contribution in [2.75, 3.05) is 0 Å². The van der Waals surface area contributed by atoms with Crippen LogP contribution in [0.2, 0.25) is 0 Å². The average molecular weight is 407 g/mol. The summed E-state index contributed by atoms with van der Waals surface area (Å²) in [4.78, 5) is 12.2. The molecule has 166 valence electrons. The molecule has 1 unspecified atom stereocenters. The molecule has 0 spiro atoms. The van der Waals surface area contributed by atoms with Gasteiger partial charge in [-0.05, 0) is 52.0 Å². The number of aliphatic hydroxyl groups excluding tert-OH is 1. The van der Waals surface area contributed by atoms with E-state index in [2.05, 4.69) is 13.8 Å². The van der Waals surface area contributed by atoms with Gasteiger partial charge >= 0.3 is 5.97 Å². The van der Waals surface area contributed by atoms with E-state index in [0.717, 1.165) is 50.5 Å². The van der Waals surface area contributed by atoms with Crippen LogP contribution >= 0.6 is 0 Å². The van der Waals surface area contributed by atoms with Crippen LogP contribution in [0.4, 0.5) is 0 Å². The van der Waals surface area contributed by atoms with Crippen molar-refractivity contribution in [3.05, 3.63) is 36.1 Å². The minimum atomic E-state index is -1.11. The highest BCUT2D eigenvalue weighted by Gasteiger charge is 2.40. The average Bonchev–Trinajstić information content (AvgIpc) is 3.03. The summed E-state index contributed by atoms with van der Waals surface area (Å²) >= 11 is 0. The summed E-state index contributed by atoms with van der Waals surface area (Å²) in [5.74, 6) is -0.539. The topological polar surface area (TPSA) is 66.8 Å². The van der Waals surface area contributed by atoms with E-state index in [-0.39, 0.29) is 11.9 Å². The maximum absolute atomic E-state index is 12.2. The summed E-state index contributed by atoms with van der Waals surface area (Å²) < 4.78 is 5.45. The summed E-state index contributed by atoms with van der Waals surface area (Å²) in [5, 5.41) is 21.7. The lowest BCUT2D eigenvalue weighted by Gasteiger charge is -2.31. The van der Waals surface area contributed by atoms with Crippen molar-refractivity contribution in [3.8, 4) is 0 Å². The molecule has 2 N–H and O–H groups in total. The summed E-state index contributed by atoms with van der Waals surface area (Å²) in [6.45, 7) is 9.73. The molecule has 29 heavy (non-hydrogen) atoms. The molecule has 3 atom stereocenters. The third-order valence-corrected chi connectivity index (χ3v) is 5.49. The number of unbranched alkanes of at least 4 members (excludes halogenated alkanes) is 4. The van der Waals surface area contributed by atoms with Gasteiger partial charge in [-0.2, -0.15) is 0 Å². The molecule has 0 radical (unpaired) electrons. The molecular formula is C25H42O4. The Labute approximate surface area is 177 Å². The van der Waals surface area contributed by atoms with Crippen molar-refractivity contribution in [3.63, 3.8) is 0 Å². The van der Waals surface area contributed by atoms with Gasteiger partial charge in [-0.15, -0.1) is 0 Å². The molecule has 0 fully saturated rings. The van der Waals surface area contributed by atoms with E-state index in [9.17, 15) is 15.0 Å². The van der Waals surface area contributed by atoms with Gasteiger partial charge in [0.25, 0.3) is 0 Å². The Balaban J connectivity index is 2.94. The zero-order valence-electron chi connectivity index (χ0n) is 19.1. The molecule has 1 rings (SSSR count). The lowest BCUT2D eigenvalue weighted by Crippen LogP contribution is -2.36. The smallest absolute Gasteiger partial charge is 0.316 e. The molecule has 0 aromatic rings. The second-order valence-corrected chi connectivity index (χ2v) is 9.29. The predicted octanol–water partition coefficient (Wildman–Crippen LogP) is 5.84. The Bertz CT molecular complexity index is 582. The van der Waals surface area contributed by atoms with Gasteiger partial charge in [-0.25, -0.2) is 0 Å². The van der Waals surface area contributed by atoms with Crippen LogP contribution in [0.5, 0.6) is 0 Å². The number of carbonyl (C=O) groups excluding carboxylic acids is 1. The minimum absolute atomic E-state index is 0.232. The zero-order valence-corrected chi connectivity index (χ0v) is 19.1. The van der Waals surface area contributed by atoms with Crippen molar-refractivity contribution in [2.24, 2.45) is 11.3 Å². The lowest BCUT2D eigenvalue weighted by atomic mass is 9.80. The molecule has 1 aliphatic rings. The fourth-order valence-electron chi connectivity index (χ4n) is 3.45. The Morgan fingerprint density at radius 2 is 1.86 bits per heavy atom. The third kappa shape index (κ3) is 8.47. The van der Waals surface area contributed by atoms with E-state index in [4.69, 9.17) is 4.74 Å². The van der Waals surface area contributed by atoms with Crippen LogP contribution in [0.3, 0.4) is 0 Å². The van der Waals surface area contributed by atoms with Gasteiger partial charge in [0.1, 0.15) is 5.60 Å². The molecular weight excluding hydrogens is 364 g/mol. The van der Waals surface area contributed by atoms with Crippen molar-refractivity contribution in [1.82, 2.24) is 0 Å². The molecule has 0 aromatic carbocycles. The summed E-state index contributed by atoms with van der Waals surface area (Å²) in [7, 11) is 0. The van der Waals surface area contributed by atoms with Crippen LogP contribution in [0.25, 0.3) is 0 Å². The molecule has 0 amide bonds. The number of hydrogen-bond acceptors (Lipinski definition) is 4. The Morgan fingerprint density at radius 1 is 1.21 bits per heavy atom. The highest BCUT2D eigenvalue weighted by molar-refractivity contribution is 5.76. The van der Waals surface area contributed by atoms with Crippen molar-refractivity contribution >= 4 is 5.97 Å². The van der Waals surface area contributed by atoms with Gasteiger partial charge in [0.05, 0.1) is 17.8 Å². The Hall–Kier alpha value is -1.39. The van der Waals surface area contributed by atoms with Crippen molar-refractivity contribution in [2.45, 2.75) is 104 Å². The number of aliphatic hydroxyl groups is 2. The third-order valence-electron chi connectivity index (χ3n) is 5.49. The van der Waals surface area contributed by atoms with Gasteiger partial charge < -0.3 is 14.9 Å². The summed E-state index contributed by atoms with van der Waals surface area (Å²) in [5.41, 5.74) is -0.946. The fraction of sp³-hybridized carbons (Fsp3) is 0.720. The molecule has 1 aliphatic carbocycles. The molecule has 4 heteroatoms. The van der Waals surface area contributed by atoms with Crippen LogP contribution in [0.1, 0.15) is 92.4 Å². The second-order valence-electron chi connectivity index (χ2n) is 9.29. The number of hydrogen-bond donors (Lipinski definition) is 2. The van der Waals surface area contributed by atoms with Gasteiger partial charge in [-0.3, -0.25) is 4.79 Å². The van der Waals surface area contributed by atoms with Gasteiger partial charge in [0.15, 0.2) is 0 Å². The minimum Gasteiger partial charge on any atom is -0.434 e. The number of esters is 1. The first-order valence-corrected chi connectivity index (χ1v) is 11.3. The highest BCUT2D eigenvalue weighted by atomic mass is 16.5. The normalized spacial score (nSPS) is 23.7. The van der Waals surface area contributed by atoms with Gasteiger partial charge in [0, 0.05) is 5.92 Å². The molecule has 0 saturated heterocycles. The number of ether oxygens (including phenoxy) is 1. The standard InChI is InChI=1S/C25H42O4/c1-6-8-10-13-21(19-29-23(27)24(3,4)5)25(28)18-12-14-20(25)16-17-22(26)15-11-9-7-2/h12,14,16-17,19-20,22,26,28H,6-11,13,15,18H2,1-5H3/t20-,22?,25-/m1/s1. The van der Waals surface area contributed by atoms with Crippen LogP contribution in [-0.4, -0.2) is 27.9 Å². The van der Waals surface area contributed by atoms with Crippen LogP contribution < -0.4 is 0 Å². The Kier molecular flexibility index (Phi) is 10.9. The largest absolute Gasteiger partial charge is 0.434 e. The van der Waals surface area contributed by atoms with E-state index in [1.165, 1.54) is 6.26 Å². The first kappa shape index (κ1) is 25.6. The van der Waals surface area contributed by atoms with E-state index >= 15 is 0 Å². The maximum atomic E-state index is 12.2. The molecule has 4 nitrogen and oxygen atoms in total. The van der Waals surface area contributed by atoms with E-state index < -0.39 is 17.1 Å². The van der Waals surface area contributed by atoms with Crippen LogP contribution in [0.15, 0.2) is 36.1 Å². The molecule has 0 saturated carbocycles. The van der Waals surface area contributed by atoms with Gasteiger partial charge in [0.2, 0.25) is 0 Å². The lowest BCUT2D eigenvalue weighted by molar-refractivity contribution is -0.147. The molecule has 0 heterocycles. The monoisotopic (exact) mass is 406 g/mol. The predicted molar refractivity (Wildman–Crippen MR) is 119 cm³/mol. The maximum Gasteiger partial charge on any atom is 0.316 e. The van der Waals surface area contributed by atoms with Crippen molar-refractivity contribution in [1.29, 1.82) is 0 Å². The molecule has 0 bridgehead atoms. The highest BCUT2D eigenvalue weighted by Crippen LogP contribution is 2.40. The Morgan fingerprint density at radius 3 is 2.48 bits per heavy atom. The number of carbonyl (C=O) groups is 1.